The van der Waals surface area contributed by atoms with Crippen LogP contribution in [0, 0.1) is 11.3 Å². The van der Waals surface area contributed by atoms with Gasteiger partial charge in [-0.3, -0.25) is 4.79 Å². The standard InChI is InChI=1S/C20H29N3O2S/c1-15(2)11-12-23-18(13-25-16-9-7-6-8-10-16)21-22-19(23)26-14-17(24)20(3,4)5/h6-10,15H,11-14H2,1-5H3. The summed E-state index contributed by atoms with van der Waals surface area (Å²) < 4.78 is 7.92. The minimum Gasteiger partial charge on any atom is -0.486 e. The molecule has 6 heteroatoms. The second-order valence-corrected chi connectivity index (χ2v) is 8.74. The van der Waals surface area contributed by atoms with Crippen LogP contribution >= 0.6 is 11.8 Å². The minimum atomic E-state index is -0.338. The first-order valence-electron chi connectivity index (χ1n) is 9.03. The van der Waals surface area contributed by atoms with Gasteiger partial charge in [-0.1, -0.05) is 64.6 Å². The van der Waals surface area contributed by atoms with E-state index in [-0.39, 0.29) is 11.2 Å². The van der Waals surface area contributed by atoms with Crippen molar-refractivity contribution in [3.05, 3.63) is 36.2 Å². The van der Waals surface area contributed by atoms with E-state index in [1.807, 2.05) is 51.1 Å². The van der Waals surface area contributed by atoms with Crippen molar-refractivity contribution in [3.63, 3.8) is 0 Å². The van der Waals surface area contributed by atoms with E-state index in [0.717, 1.165) is 29.7 Å². The first-order valence-corrected chi connectivity index (χ1v) is 10.0. The molecule has 0 atom stereocenters. The first kappa shape index (κ1) is 20.5. The van der Waals surface area contributed by atoms with Crippen molar-refractivity contribution in [2.45, 2.75) is 59.3 Å². The smallest absolute Gasteiger partial charge is 0.191 e. The number of hydrogen-bond acceptors (Lipinski definition) is 5. The van der Waals surface area contributed by atoms with Gasteiger partial charge >= 0.3 is 0 Å². The third kappa shape index (κ3) is 6.16. The SMILES string of the molecule is CC(C)CCn1c(COc2ccccc2)nnc1SCC(=O)C(C)(C)C. The molecule has 0 amide bonds. The summed E-state index contributed by atoms with van der Waals surface area (Å²) in [6.45, 7) is 11.4. The summed E-state index contributed by atoms with van der Waals surface area (Å²) in [5, 5.41) is 9.40. The van der Waals surface area contributed by atoms with Crippen molar-refractivity contribution in [1.82, 2.24) is 14.8 Å². The zero-order chi connectivity index (χ0) is 19.2. The van der Waals surface area contributed by atoms with Crippen LogP contribution in [-0.2, 0) is 17.9 Å². The van der Waals surface area contributed by atoms with E-state index in [4.69, 9.17) is 4.74 Å². The molecule has 0 aliphatic heterocycles. The number of thioether (sulfide) groups is 1. The molecule has 0 aliphatic rings. The number of benzene rings is 1. The Balaban J connectivity index is 2.09. The normalized spacial score (nSPS) is 11.8. The summed E-state index contributed by atoms with van der Waals surface area (Å²) in [5.41, 5.74) is -0.338. The van der Waals surface area contributed by atoms with Crippen molar-refractivity contribution in [2.75, 3.05) is 5.75 Å². The van der Waals surface area contributed by atoms with E-state index in [9.17, 15) is 4.79 Å². The Morgan fingerprint density at radius 2 is 1.88 bits per heavy atom. The second-order valence-electron chi connectivity index (χ2n) is 7.80. The fourth-order valence-corrected chi connectivity index (χ4v) is 3.30. The van der Waals surface area contributed by atoms with Crippen molar-refractivity contribution in [3.8, 4) is 5.75 Å². The molecule has 1 aromatic heterocycles. The molecule has 0 bridgehead atoms. The molecular weight excluding hydrogens is 346 g/mol. The monoisotopic (exact) mass is 375 g/mol. The number of Topliss-reactive ketones (excluding diaryl/α,β-unsaturated/α-hetero) is 1. The lowest BCUT2D eigenvalue weighted by Crippen LogP contribution is -2.22. The maximum absolute atomic E-state index is 12.2. The summed E-state index contributed by atoms with van der Waals surface area (Å²) >= 11 is 1.46. The van der Waals surface area contributed by atoms with Crippen LogP contribution < -0.4 is 4.74 Å². The molecule has 0 N–H and O–H groups in total. The number of para-hydroxylation sites is 1. The van der Waals surface area contributed by atoms with Crippen molar-refractivity contribution in [1.29, 1.82) is 0 Å². The van der Waals surface area contributed by atoms with Gasteiger partial charge in [0.15, 0.2) is 11.0 Å². The van der Waals surface area contributed by atoms with E-state index >= 15 is 0 Å². The molecular formula is C20H29N3O2S. The van der Waals surface area contributed by atoms with Gasteiger partial charge in [0.25, 0.3) is 0 Å². The number of ketones is 1. The highest BCUT2D eigenvalue weighted by Crippen LogP contribution is 2.24. The molecule has 142 valence electrons. The molecule has 0 fully saturated rings. The minimum absolute atomic E-state index is 0.211. The molecule has 0 spiro atoms. The molecule has 5 nitrogen and oxygen atoms in total. The molecule has 2 rings (SSSR count). The number of nitrogens with zero attached hydrogens (tertiary/aromatic N) is 3. The average molecular weight is 376 g/mol. The molecule has 0 unspecified atom stereocenters. The topological polar surface area (TPSA) is 57.0 Å². The van der Waals surface area contributed by atoms with E-state index in [0.29, 0.717) is 18.3 Å². The van der Waals surface area contributed by atoms with Gasteiger partial charge in [-0.15, -0.1) is 10.2 Å². The Morgan fingerprint density at radius 1 is 1.19 bits per heavy atom. The quantitative estimate of drug-likeness (QED) is 0.599. The van der Waals surface area contributed by atoms with Gasteiger partial charge in [-0.05, 0) is 24.5 Å². The van der Waals surface area contributed by atoms with Gasteiger partial charge in [-0.2, -0.15) is 0 Å². The van der Waals surface area contributed by atoms with Crippen LogP contribution in [0.15, 0.2) is 35.5 Å². The fraction of sp³-hybridized carbons (Fsp3) is 0.550. The highest BCUT2D eigenvalue weighted by Gasteiger charge is 2.22. The third-order valence-corrected chi connectivity index (χ3v) is 4.97. The first-order chi connectivity index (χ1) is 12.3. The molecule has 1 heterocycles. The van der Waals surface area contributed by atoms with Gasteiger partial charge in [0, 0.05) is 12.0 Å². The van der Waals surface area contributed by atoms with Crippen LogP contribution in [0.5, 0.6) is 5.75 Å². The van der Waals surface area contributed by atoms with Gasteiger partial charge < -0.3 is 9.30 Å². The predicted molar refractivity (Wildman–Crippen MR) is 105 cm³/mol. The number of carbonyl (C=O) groups excluding carboxylic acids is 1. The zero-order valence-corrected chi connectivity index (χ0v) is 17.2. The van der Waals surface area contributed by atoms with Crippen molar-refractivity contribution >= 4 is 17.5 Å². The number of aromatic nitrogens is 3. The molecule has 0 radical (unpaired) electrons. The third-order valence-electron chi connectivity index (χ3n) is 4.00. The number of carbonyl (C=O) groups is 1. The van der Waals surface area contributed by atoms with Crippen LogP contribution in [0.4, 0.5) is 0 Å². The fourth-order valence-electron chi connectivity index (χ4n) is 2.16. The van der Waals surface area contributed by atoms with E-state index in [2.05, 4.69) is 28.6 Å². The average Bonchev–Trinajstić information content (AvgIpc) is 2.97. The summed E-state index contributed by atoms with van der Waals surface area (Å²) in [5.74, 6) is 2.80. The highest BCUT2D eigenvalue weighted by atomic mass is 32.2. The maximum Gasteiger partial charge on any atom is 0.191 e. The maximum atomic E-state index is 12.2. The highest BCUT2D eigenvalue weighted by molar-refractivity contribution is 7.99. The lowest BCUT2D eigenvalue weighted by atomic mass is 9.92. The Morgan fingerprint density at radius 3 is 2.50 bits per heavy atom. The molecule has 0 saturated carbocycles. The number of ether oxygens (including phenoxy) is 1. The molecule has 0 saturated heterocycles. The number of rotatable bonds is 9. The molecule has 26 heavy (non-hydrogen) atoms. The summed E-state index contributed by atoms with van der Waals surface area (Å²) in [7, 11) is 0. The second kappa shape index (κ2) is 9.21. The van der Waals surface area contributed by atoms with Gasteiger partial charge in [0.05, 0.1) is 5.75 Å². The lowest BCUT2D eigenvalue weighted by molar-refractivity contribution is -0.123. The number of hydrogen-bond donors (Lipinski definition) is 0. The van der Waals surface area contributed by atoms with E-state index < -0.39 is 0 Å². The van der Waals surface area contributed by atoms with Crippen LogP contribution in [-0.4, -0.2) is 26.3 Å². The van der Waals surface area contributed by atoms with E-state index in [1.165, 1.54) is 11.8 Å². The summed E-state index contributed by atoms with van der Waals surface area (Å²) in [6, 6.07) is 9.69. The van der Waals surface area contributed by atoms with Gasteiger partial charge in [-0.25, -0.2) is 0 Å². The predicted octanol–water partition coefficient (Wildman–Crippen LogP) is 4.61. The Hall–Kier alpha value is -1.82. The zero-order valence-electron chi connectivity index (χ0n) is 16.4. The summed E-state index contributed by atoms with van der Waals surface area (Å²) in [6.07, 6.45) is 1.02. The van der Waals surface area contributed by atoms with Crippen LogP contribution in [0.2, 0.25) is 0 Å². The Bertz CT molecular complexity index is 706. The van der Waals surface area contributed by atoms with Gasteiger partial charge in [0.1, 0.15) is 18.1 Å². The van der Waals surface area contributed by atoms with Gasteiger partial charge in [0.2, 0.25) is 0 Å². The van der Waals surface area contributed by atoms with Crippen molar-refractivity contribution in [2.24, 2.45) is 11.3 Å². The van der Waals surface area contributed by atoms with Crippen molar-refractivity contribution < 1.29 is 9.53 Å². The Kier molecular flexibility index (Phi) is 7.26. The molecule has 0 aliphatic carbocycles. The lowest BCUT2D eigenvalue weighted by Gasteiger charge is -2.16. The van der Waals surface area contributed by atoms with Crippen LogP contribution in [0.1, 0.15) is 46.9 Å². The van der Waals surface area contributed by atoms with Crippen LogP contribution in [0.25, 0.3) is 0 Å². The molecule has 2 aromatic rings. The molecule has 1 aromatic carbocycles. The van der Waals surface area contributed by atoms with E-state index in [1.54, 1.807) is 0 Å². The largest absolute Gasteiger partial charge is 0.486 e. The van der Waals surface area contributed by atoms with Crippen LogP contribution in [0.3, 0.4) is 0 Å². The Labute approximate surface area is 160 Å². The summed E-state index contributed by atoms with van der Waals surface area (Å²) in [4.78, 5) is 12.2.